The highest BCUT2D eigenvalue weighted by molar-refractivity contribution is 5.23. The molecule has 0 aromatic heterocycles. The summed E-state index contributed by atoms with van der Waals surface area (Å²) >= 11 is 0. The molecule has 76 valence electrons. The fourth-order valence-corrected chi connectivity index (χ4v) is 3.44. The summed E-state index contributed by atoms with van der Waals surface area (Å²) in [6.45, 7) is 7.22. The Balaban J connectivity index is 1.83. The van der Waals surface area contributed by atoms with Crippen LogP contribution < -0.4 is 0 Å². The van der Waals surface area contributed by atoms with E-state index in [-0.39, 0.29) is 0 Å². The Morgan fingerprint density at radius 2 is 1.85 bits per heavy atom. The van der Waals surface area contributed by atoms with Crippen LogP contribution in [0.1, 0.15) is 59.3 Å². The average molecular weight is 180 g/mol. The maximum Gasteiger partial charge on any atom is -0.0235 e. The van der Waals surface area contributed by atoms with Crippen molar-refractivity contribution in [3.8, 4) is 0 Å². The van der Waals surface area contributed by atoms with Gasteiger partial charge in [0.25, 0.3) is 0 Å². The molecule has 2 aliphatic carbocycles. The Hall–Kier alpha value is 0. The van der Waals surface area contributed by atoms with Crippen LogP contribution in [0.2, 0.25) is 0 Å². The summed E-state index contributed by atoms with van der Waals surface area (Å²) in [5.41, 5.74) is 0.825. The minimum atomic E-state index is 0.825. The fourth-order valence-electron chi connectivity index (χ4n) is 3.44. The summed E-state index contributed by atoms with van der Waals surface area (Å²) < 4.78 is 0. The number of hydrogen-bond acceptors (Lipinski definition) is 0. The van der Waals surface area contributed by atoms with Gasteiger partial charge in [0.1, 0.15) is 0 Å². The van der Waals surface area contributed by atoms with E-state index < -0.39 is 0 Å². The van der Waals surface area contributed by atoms with Crippen molar-refractivity contribution in [2.75, 3.05) is 0 Å². The molecule has 3 unspecified atom stereocenters. The third-order valence-electron chi connectivity index (χ3n) is 4.70. The van der Waals surface area contributed by atoms with Crippen molar-refractivity contribution in [2.45, 2.75) is 59.3 Å². The number of hydrogen-bond donors (Lipinski definition) is 0. The van der Waals surface area contributed by atoms with Gasteiger partial charge in [-0.3, -0.25) is 0 Å². The quantitative estimate of drug-likeness (QED) is 0.573. The van der Waals surface area contributed by atoms with Gasteiger partial charge in [0, 0.05) is 0 Å². The lowest BCUT2D eigenvalue weighted by Crippen LogP contribution is -2.20. The number of unbranched alkanes of at least 4 members (excludes halogenated alkanes) is 1. The zero-order valence-corrected chi connectivity index (χ0v) is 9.47. The van der Waals surface area contributed by atoms with Gasteiger partial charge in [-0.25, -0.2) is 0 Å². The second-order valence-corrected chi connectivity index (χ2v) is 5.44. The Morgan fingerprint density at radius 1 is 1.15 bits per heavy atom. The van der Waals surface area contributed by atoms with Crippen molar-refractivity contribution >= 4 is 0 Å². The van der Waals surface area contributed by atoms with Crippen LogP contribution >= 0.6 is 0 Å². The average Bonchev–Trinajstić information content (AvgIpc) is 2.99. The molecular weight excluding hydrogens is 156 g/mol. The largest absolute Gasteiger partial charge is 0.0654 e. The fraction of sp³-hybridized carbons (Fsp3) is 1.00. The predicted octanol–water partition coefficient (Wildman–Crippen LogP) is 4.25. The van der Waals surface area contributed by atoms with E-state index in [1.807, 2.05) is 0 Å². The smallest absolute Gasteiger partial charge is 0.0235 e. The number of fused-ring (bicyclic) bond motifs is 1. The predicted molar refractivity (Wildman–Crippen MR) is 57.6 cm³/mol. The zero-order chi connectivity index (χ0) is 9.47. The summed E-state index contributed by atoms with van der Waals surface area (Å²) in [7, 11) is 0. The first-order chi connectivity index (χ1) is 6.25. The van der Waals surface area contributed by atoms with Crippen molar-refractivity contribution in [3.63, 3.8) is 0 Å². The van der Waals surface area contributed by atoms with Gasteiger partial charge in [0.15, 0.2) is 0 Å². The SMILES string of the molecule is CCCCC(CCC)C1(C)C2CC21. The van der Waals surface area contributed by atoms with Crippen LogP contribution in [0.3, 0.4) is 0 Å². The molecule has 13 heavy (non-hydrogen) atoms. The molecule has 0 nitrogen and oxygen atoms in total. The van der Waals surface area contributed by atoms with Gasteiger partial charge < -0.3 is 0 Å². The first-order valence-electron chi connectivity index (χ1n) is 6.25. The van der Waals surface area contributed by atoms with Crippen molar-refractivity contribution in [3.05, 3.63) is 0 Å². The molecule has 3 atom stereocenters. The van der Waals surface area contributed by atoms with Crippen LogP contribution in [0.5, 0.6) is 0 Å². The summed E-state index contributed by atoms with van der Waals surface area (Å²) in [5, 5.41) is 0. The topological polar surface area (TPSA) is 0 Å². The molecular formula is C13H24. The molecule has 0 aromatic carbocycles. The summed E-state index contributed by atoms with van der Waals surface area (Å²) in [6.07, 6.45) is 8.80. The van der Waals surface area contributed by atoms with Crippen LogP contribution in [-0.2, 0) is 0 Å². The second-order valence-electron chi connectivity index (χ2n) is 5.44. The van der Waals surface area contributed by atoms with Gasteiger partial charge in [-0.15, -0.1) is 0 Å². The standard InChI is InChI=1S/C13H24/c1-4-6-8-10(7-5-2)13(3)11-9-12(11)13/h10-12H,4-9H2,1-3H3. The van der Waals surface area contributed by atoms with Gasteiger partial charge in [-0.1, -0.05) is 46.5 Å². The molecule has 0 spiro atoms. The Bertz CT molecular complexity index is 174. The van der Waals surface area contributed by atoms with Gasteiger partial charge in [-0.05, 0) is 36.0 Å². The van der Waals surface area contributed by atoms with E-state index in [1.165, 1.54) is 43.9 Å². The molecule has 2 rings (SSSR count). The zero-order valence-electron chi connectivity index (χ0n) is 9.47. The molecule has 0 bridgehead atoms. The van der Waals surface area contributed by atoms with Crippen LogP contribution in [0.25, 0.3) is 0 Å². The second kappa shape index (κ2) is 3.29. The lowest BCUT2D eigenvalue weighted by atomic mass is 9.77. The molecule has 0 aromatic rings. The minimum absolute atomic E-state index is 0.825. The molecule has 0 aliphatic heterocycles. The molecule has 0 heteroatoms. The highest BCUT2D eigenvalue weighted by atomic mass is 14.8. The van der Waals surface area contributed by atoms with Crippen molar-refractivity contribution < 1.29 is 0 Å². The highest BCUT2D eigenvalue weighted by Crippen LogP contribution is 2.81. The Morgan fingerprint density at radius 3 is 2.23 bits per heavy atom. The van der Waals surface area contributed by atoms with E-state index in [0.717, 1.165) is 11.3 Å². The van der Waals surface area contributed by atoms with E-state index >= 15 is 0 Å². The molecule has 0 saturated heterocycles. The summed E-state index contributed by atoms with van der Waals surface area (Å²) in [6, 6.07) is 0. The monoisotopic (exact) mass is 180 g/mol. The van der Waals surface area contributed by atoms with E-state index in [0.29, 0.717) is 0 Å². The minimum Gasteiger partial charge on any atom is -0.0654 e. The Kier molecular flexibility index (Phi) is 2.42. The molecule has 0 heterocycles. The molecule has 2 fully saturated rings. The van der Waals surface area contributed by atoms with E-state index in [4.69, 9.17) is 0 Å². The lowest BCUT2D eigenvalue weighted by molar-refractivity contribution is 0.212. The van der Waals surface area contributed by atoms with Crippen molar-refractivity contribution in [2.24, 2.45) is 23.2 Å². The van der Waals surface area contributed by atoms with Crippen LogP contribution in [0, 0.1) is 23.2 Å². The molecule has 0 amide bonds. The van der Waals surface area contributed by atoms with Crippen LogP contribution in [0.15, 0.2) is 0 Å². The molecule has 0 radical (unpaired) electrons. The molecule has 2 saturated carbocycles. The van der Waals surface area contributed by atoms with Crippen LogP contribution in [0.4, 0.5) is 0 Å². The van der Waals surface area contributed by atoms with Crippen molar-refractivity contribution in [1.82, 2.24) is 0 Å². The number of rotatable bonds is 6. The molecule has 0 N–H and O–H groups in total. The normalized spacial score (nSPS) is 42.7. The van der Waals surface area contributed by atoms with E-state index in [1.54, 1.807) is 6.42 Å². The van der Waals surface area contributed by atoms with Crippen molar-refractivity contribution in [1.29, 1.82) is 0 Å². The van der Waals surface area contributed by atoms with Gasteiger partial charge in [0.05, 0.1) is 0 Å². The Labute approximate surface area is 83.1 Å². The lowest BCUT2D eigenvalue weighted by Gasteiger charge is -2.28. The third-order valence-corrected chi connectivity index (χ3v) is 4.70. The highest BCUT2D eigenvalue weighted by Gasteiger charge is 2.75. The van der Waals surface area contributed by atoms with E-state index in [9.17, 15) is 0 Å². The maximum absolute atomic E-state index is 2.56. The summed E-state index contributed by atoms with van der Waals surface area (Å²) in [5.74, 6) is 3.41. The van der Waals surface area contributed by atoms with Gasteiger partial charge >= 0.3 is 0 Å². The summed E-state index contributed by atoms with van der Waals surface area (Å²) in [4.78, 5) is 0. The third kappa shape index (κ3) is 1.43. The van der Waals surface area contributed by atoms with Gasteiger partial charge in [-0.2, -0.15) is 0 Å². The van der Waals surface area contributed by atoms with E-state index in [2.05, 4.69) is 20.8 Å². The first-order valence-corrected chi connectivity index (χ1v) is 6.25. The van der Waals surface area contributed by atoms with Crippen LogP contribution in [-0.4, -0.2) is 0 Å². The van der Waals surface area contributed by atoms with Gasteiger partial charge in [0.2, 0.25) is 0 Å². The first kappa shape index (κ1) is 9.55. The molecule has 2 aliphatic rings. The maximum atomic E-state index is 2.56.